The van der Waals surface area contributed by atoms with E-state index in [1.807, 2.05) is 60.7 Å². The molecule has 0 saturated heterocycles. The fourth-order valence-corrected chi connectivity index (χ4v) is 5.20. The molecule has 0 heterocycles. The van der Waals surface area contributed by atoms with E-state index in [1.165, 1.54) is 68.9 Å². The third-order valence-corrected chi connectivity index (χ3v) is 8.16. The lowest BCUT2D eigenvalue weighted by Crippen LogP contribution is -1.98. The van der Waals surface area contributed by atoms with Crippen molar-refractivity contribution in [2.24, 2.45) is 20.5 Å². The summed E-state index contributed by atoms with van der Waals surface area (Å²) in [5.41, 5.74) is 6.07. The van der Waals surface area contributed by atoms with Crippen LogP contribution in [0.2, 0.25) is 0 Å². The van der Waals surface area contributed by atoms with Gasteiger partial charge in [-0.3, -0.25) is 0 Å². The summed E-state index contributed by atoms with van der Waals surface area (Å²) < 4.78 is 11.8. The predicted octanol–water partition coefficient (Wildman–Crippen LogP) is 13.4. The molecule has 0 amide bonds. The van der Waals surface area contributed by atoms with Crippen LogP contribution in [0.3, 0.4) is 0 Å². The third kappa shape index (κ3) is 14.3. The summed E-state index contributed by atoms with van der Waals surface area (Å²) in [6.45, 7) is 5.87. The van der Waals surface area contributed by atoms with Crippen molar-refractivity contribution in [3.05, 3.63) is 108 Å². The van der Waals surface area contributed by atoms with Crippen molar-refractivity contribution in [2.45, 2.75) is 97.3 Å². The average molecular weight is 633 g/mol. The summed E-state index contributed by atoms with van der Waals surface area (Å²) in [6, 6.07) is 32.3. The van der Waals surface area contributed by atoms with E-state index in [0.717, 1.165) is 73.1 Å². The maximum Gasteiger partial charge on any atom is 0.119 e. The molecule has 0 aliphatic carbocycles. The summed E-state index contributed by atoms with van der Waals surface area (Å²) >= 11 is 0. The van der Waals surface area contributed by atoms with Crippen LogP contribution < -0.4 is 9.47 Å². The van der Waals surface area contributed by atoms with E-state index in [0.29, 0.717) is 0 Å². The molecule has 6 heteroatoms. The summed E-state index contributed by atoms with van der Waals surface area (Å²) in [5, 5.41) is 17.4. The van der Waals surface area contributed by atoms with Crippen molar-refractivity contribution >= 4 is 22.7 Å². The molecule has 6 nitrogen and oxygen atoms in total. The van der Waals surface area contributed by atoms with Crippen molar-refractivity contribution in [1.29, 1.82) is 0 Å². The Kier molecular flexibility index (Phi) is 16.2. The molecular weight excluding hydrogens is 580 g/mol. The van der Waals surface area contributed by atoms with E-state index >= 15 is 0 Å². The molecule has 0 bridgehead atoms. The number of nitrogens with zero attached hydrogens (tertiary/aromatic N) is 4. The molecular formula is C41H52N4O2. The third-order valence-electron chi connectivity index (χ3n) is 8.16. The van der Waals surface area contributed by atoms with Crippen molar-refractivity contribution in [2.75, 3.05) is 13.2 Å². The molecule has 0 atom stereocenters. The Hall–Kier alpha value is -4.32. The van der Waals surface area contributed by atoms with Crippen molar-refractivity contribution in [1.82, 2.24) is 0 Å². The van der Waals surface area contributed by atoms with Gasteiger partial charge in [0.25, 0.3) is 0 Å². The van der Waals surface area contributed by atoms with Gasteiger partial charge in [0.2, 0.25) is 0 Å². The van der Waals surface area contributed by atoms with Gasteiger partial charge in [-0.15, -0.1) is 0 Å². The fraction of sp³-hybridized carbons (Fsp3) is 0.415. The molecule has 0 radical (unpaired) electrons. The topological polar surface area (TPSA) is 67.9 Å². The van der Waals surface area contributed by atoms with E-state index in [4.69, 9.17) is 9.47 Å². The summed E-state index contributed by atoms with van der Waals surface area (Å²) in [6.07, 6.45) is 15.6. The van der Waals surface area contributed by atoms with Crippen molar-refractivity contribution < 1.29 is 9.47 Å². The van der Waals surface area contributed by atoms with Gasteiger partial charge in [-0.05, 0) is 116 Å². The zero-order valence-electron chi connectivity index (χ0n) is 28.4. The van der Waals surface area contributed by atoms with Gasteiger partial charge in [0, 0.05) is 0 Å². The molecule has 0 spiro atoms. The van der Waals surface area contributed by atoms with Crippen LogP contribution in [0, 0.1) is 0 Å². The first kappa shape index (κ1) is 35.5. The minimum atomic E-state index is 0.741. The molecule has 0 aliphatic rings. The lowest BCUT2D eigenvalue weighted by Gasteiger charge is -2.07. The normalized spacial score (nSPS) is 11.4. The summed E-state index contributed by atoms with van der Waals surface area (Å²) in [5.74, 6) is 1.76. The van der Waals surface area contributed by atoms with Gasteiger partial charge >= 0.3 is 0 Å². The van der Waals surface area contributed by atoms with Gasteiger partial charge in [0.05, 0.1) is 36.0 Å². The first-order valence-electron chi connectivity index (χ1n) is 17.7. The maximum atomic E-state index is 5.93. The summed E-state index contributed by atoms with van der Waals surface area (Å²) in [4.78, 5) is 0. The van der Waals surface area contributed by atoms with Crippen molar-refractivity contribution in [3.63, 3.8) is 0 Å². The van der Waals surface area contributed by atoms with Gasteiger partial charge in [-0.25, -0.2) is 0 Å². The second-order valence-corrected chi connectivity index (χ2v) is 12.1. The van der Waals surface area contributed by atoms with Crippen LogP contribution in [0.25, 0.3) is 0 Å². The van der Waals surface area contributed by atoms with Crippen molar-refractivity contribution in [3.8, 4) is 11.5 Å². The lowest BCUT2D eigenvalue weighted by atomic mass is 10.1. The van der Waals surface area contributed by atoms with E-state index in [9.17, 15) is 0 Å². The highest BCUT2D eigenvalue weighted by Crippen LogP contribution is 2.24. The number of azo groups is 2. The Morgan fingerprint density at radius 2 is 0.745 bits per heavy atom. The Bertz CT molecular complexity index is 1450. The minimum absolute atomic E-state index is 0.741. The highest BCUT2D eigenvalue weighted by molar-refractivity contribution is 5.44. The number of benzene rings is 4. The van der Waals surface area contributed by atoms with E-state index in [-0.39, 0.29) is 0 Å². The first-order chi connectivity index (χ1) is 23.2. The second kappa shape index (κ2) is 21.5. The molecule has 4 aromatic rings. The van der Waals surface area contributed by atoms with E-state index in [2.05, 4.69) is 70.7 Å². The number of rotatable bonds is 22. The molecule has 47 heavy (non-hydrogen) atoms. The van der Waals surface area contributed by atoms with E-state index < -0.39 is 0 Å². The first-order valence-corrected chi connectivity index (χ1v) is 17.7. The number of hydrogen-bond acceptors (Lipinski definition) is 6. The number of hydrogen-bond donors (Lipinski definition) is 0. The smallest absolute Gasteiger partial charge is 0.119 e. The second-order valence-electron chi connectivity index (χ2n) is 12.1. The van der Waals surface area contributed by atoms with Gasteiger partial charge < -0.3 is 9.47 Å². The number of ether oxygens (including phenoxy) is 2. The summed E-state index contributed by atoms with van der Waals surface area (Å²) in [7, 11) is 0. The maximum absolute atomic E-state index is 5.93. The standard InChI is InChI=1S/C41H52N4O2/c1-3-5-6-12-15-35-18-22-37(23-19-35)43-45-39-26-30-41(31-27-39)47-33-14-11-9-7-8-10-13-32-46-40-28-24-38(25-29-40)44-42-36-20-16-34(4-2)17-21-36/h16-31H,3-15,32-33H2,1-2H3. The zero-order valence-corrected chi connectivity index (χ0v) is 28.4. The molecule has 4 aromatic carbocycles. The Balaban J connectivity index is 0.986. The molecule has 0 saturated carbocycles. The molecule has 0 unspecified atom stereocenters. The zero-order chi connectivity index (χ0) is 32.8. The number of aryl methyl sites for hydroxylation is 2. The van der Waals surface area contributed by atoms with E-state index in [1.54, 1.807) is 0 Å². The Labute approximate surface area is 282 Å². The molecule has 0 fully saturated rings. The Morgan fingerprint density at radius 3 is 1.15 bits per heavy atom. The SMILES string of the molecule is CCCCCCc1ccc(N=Nc2ccc(OCCCCCCCCCOc3ccc(N=Nc4ccc(CC)cc4)cc3)cc2)cc1. The fourth-order valence-electron chi connectivity index (χ4n) is 5.20. The van der Waals surface area contributed by atoms with Gasteiger partial charge in [0.1, 0.15) is 11.5 Å². The van der Waals surface area contributed by atoms with Crippen LogP contribution in [0.5, 0.6) is 11.5 Å². The molecule has 248 valence electrons. The number of unbranched alkanes of at least 4 members (excludes halogenated alkanes) is 9. The predicted molar refractivity (Wildman–Crippen MR) is 195 cm³/mol. The largest absolute Gasteiger partial charge is 0.494 e. The molecule has 4 rings (SSSR count). The lowest BCUT2D eigenvalue weighted by molar-refractivity contribution is 0.299. The van der Waals surface area contributed by atoms with Crippen LogP contribution >= 0.6 is 0 Å². The van der Waals surface area contributed by atoms with Crippen LogP contribution in [0.1, 0.15) is 95.6 Å². The average Bonchev–Trinajstić information content (AvgIpc) is 3.12. The van der Waals surface area contributed by atoms with Crippen LogP contribution in [-0.2, 0) is 12.8 Å². The monoisotopic (exact) mass is 632 g/mol. The highest BCUT2D eigenvalue weighted by atomic mass is 16.5. The van der Waals surface area contributed by atoms with Crippen LogP contribution in [0.15, 0.2) is 118 Å². The van der Waals surface area contributed by atoms with Gasteiger partial charge in [-0.2, -0.15) is 20.5 Å². The van der Waals surface area contributed by atoms with Gasteiger partial charge in [0.15, 0.2) is 0 Å². The molecule has 0 aromatic heterocycles. The highest BCUT2D eigenvalue weighted by Gasteiger charge is 2.00. The molecule has 0 N–H and O–H groups in total. The molecule has 0 aliphatic heterocycles. The Morgan fingerprint density at radius 1 is 0.383 bits per heavy atom. The van der Waals surface area contributed by atoms with Gasteiger partial charge in [-0.1, -0.05) is 89.5 Å². The van der Waals surface area contributed by atoms with Crippen LogP contribution in [-0.4, -0.2) is 13.2 Å². The van der Waals surface area contributed by atoms with Crippen LogP contribution in [0.4, 0.5) is 22.7 Å². The minimum Gasteiger partial charge on any atom is -0.494 e. The quantitative estimate of drug-likeness (QED) is 0.0639.